The van der Waals surface area contributed by atoms with Crippen molar-refractivity contribution in [2.75, 3.05) is 0 Å². The molecular formula is C25H29ClN2O5S. The normalized spacial score (nSPS) is 13.6. The molecular weight excluding hydrogens is 476 g/mol. The number of hydrogen-bond acceptors (Lipinski definition) is 5. The molecule has 34 heavy (non-hydrogen) atoms. The first-order valence-electron chi connectivity index (χ1n) is 10.9. The van der Waals surface area contributed by atoms with Crippen molar-refractivity contribution in [3.8, 4) is 0 Å². The summed E-state index contributed by atoms with van der Waals surface area (Å²) in [4.78, 5) is 25.1. The van der Waals surface area contributed by atoms with Crippen LogP contribution in [-0.2, 0) is 26.4 Å². The van der Waals surface area contributed by atoms with Crippen molar-refractivity contribution in [2.45, 2.75) is 56.9 Å². The summed E-state index contributed by atoms with van der Waals surface area (Å²) in [5.41, 5.74) is 3.05. The number of ether oxygens (including phenoxy) is 1. The molecule has 0 radical (unpaired) electrons. The molecule has 0 aliphatic carbocycles. The zero-order chi connectivity index (χ0) is 25.4. The van der Waals surface area contributed by atoms with E-state index >= 15 is 0 Å². The molecule has 1 amide bonds. The van der Waals surface area contributed by atoms with Crippen molar-refractivity contribution in [1.29, 1.82) is 0 Å². The predicted molar refractivity (Wildman–Crippen MR) is 133 cm³/mol. The highest BCUT2D eigenvalue weighted by molar-refractivity contribution is 7.92. The predicted octanol–water partition coefficient (Wildman–Crippen LogP) is 4.74. The van der Waals surface area contributed by atoms with Crippen molar-refractivity contribution in [1.82, 2.24) is 9.88 Å². The van der Waals surface area contributed by atoms with Gasteiger partial charge < -0.3 is 14.6 Å². The second-order valence-corrected chi connectivity index (χ2v) is 11.4. The van der Waals surface area contributed by atoms with Gasteiger partial charge in [-0.15, -0.1) is 0 Å². The van der Waals surface area contributed by atoms with Crippen LogP contribution < -0.4 is 5.32 Å². The van der Waals surface area contributed by atoms with E-state index < -0.39 is 27.2 Å². The van der Waals surface area contributed by atoms with Gasteiger partial charge in [-0.25, -0.2) is 8.42 Å². The van der Waals surface area contributed by atoms with Crippen molar-refractivity contribution in [3.05, 3.63) is 64.3 Å². The quantitative estimate of drug-likeness (QED) is 0.469. The average Bonchev–Trinajstić information content (AvgIpc) is 3.09. The lowest BCUT2D eigenvalue weighted by Gasteiger charge is -2.17. The van der Waals surface area contributed by atoms with Crippen LogP contribution in [0.3, 0.4) is 0 Å². The van der Waals surface area contributed by atoms with Gasteiger partial charge in [0, 0.05) is 12.4 Å². The molecule has 3 aromatic rings. The van der Waals surface area contributed by atoms with Gasteiger partial charge in [0.25, 0.3) is 5.91 Å². The van der Waals surface area contributed by atoms with Crippen LogP contribution in [0.5, 0.6) is 0 Å². The number of fused-ring (bicyclic) bond motifs is 1. The highest BCUT2D eigenvalue weighted by atomic mass is 35.5. The van der Waals surface area contributed by atoms with Crippen LogP contribution in [0.25, 0.3) is 10.9 Å². The molecule has 3 rings (SSSR count). The lowest BCUT2D eigenvalue weighted by molar-refractivity contribution is -0.146. The molecule has 182 valence electrons. The molecule has 0 aliphatic rings. The Labute approximate surface area is 205 Å². The number of aromatic nitrogens is 1. The number of hydrogen-bond donors (Lipinski definition) is 1. The fourth-order valence-corrected chi connectivity index (χ4v) is 5.25. The van der Waals surface area contributed by atoms with Gasteiger partial charge in [0.1, 0.15) is 5.69 Å². The average molecular weight is 505 g/mol. The molecule has 0 saturated heterocycles. The van der Waals surface area contributed by atoms with Gasteiger partial charge in [-0.2, -0.15) is 0 Å². The van der Waals surface area contributed by atoms with Crippen molar-refractivity contribution in [3.63, 3.8) is 0 Å². The fraction of sp³-hybridized carbons (Fsp3) is 0.360. The van der Waals surface area contributed by atoms with Gasteiger partial charge in [-0.05, 0) is 76.1 Å². The van der Waals surface area contributed by atoms with Gasteiger partial charge in [0.15, 0.2) is 15.1 Å². The summed E-state index contributed by atoms with van der Waals surface area (Å²) < 4.78 is 32.4. The molecule has 2 unspecified atom stereocenters. The first kappa shape index (κ1) is 25.8. The zero-order valence-corrected chi connectivity index (χ0v) is 21.6. The third kappa shape index (κ3) is 5.13. The maximum absolute atomic E-state index is 13.0. The standard InChI is InChI=1S/C25H29ClN2O5S/c1-14(2)33-25(30)17(5)34(31,32)19-9-7-18(8-10-19)16(4)27-24(29)23-13-20-21(26)11-15(3)12-22(20)28(23)6/h7-14,16-17H,1-6H3,(H,27,29). The van der Waals surface area contributed by atoms with Crippen molar-refractivity contribution < 1.29 is 22.7 Å². The summed E-state index contributed by atoms with van der Waals surface area (Å²) in [5.74, 6) is -1.06. The van der Waals surface area contributed by atoms with E-state index in [-0.39, 0.29) is 16.8 Å². The monoisotopic (exact) mass is 504 g/mol. The summed E-state index contributed by atoms with van der Waals surface area (Å²) in [6.45, 7) is 8.39. The first-order chi connectivity index (χ1) is 15.8. The molecule has 1 N–H and O–H groups in total. The Bertz CT molecular complexity index is 1340. The molecule has 0 aliphatic heterocycles. The highest BCUT2D eigenvalue weighted by Crippen LogP contribution is 2.28. The minimum atomic E-state index is -3.90. The van der Waals surface area contributed by atoms with Crippen molar-refractivity contribution >= 4 is 44.2 Å². The number of nitrogens with zero attached hydrogens (tertiary/aromatic N) is 1. The largest absolute Gasteiger partial charge is 0.462 e. The third-order valence-electron chi connectivity index (χ3n) is 5.69. The van der Waals surface area contributed by atoms with Crippen LogP contribution >= 0.6 is 11.6 Å². The molecule has 1 aromatic heterocycles. The lowest BCUT2D eigenvalue weighted by Crippen LogP contribution is -2.31. The minimum Gasteiger partial charge on any atom is -0.462 e. The molecule has 0 bridgehead atoms. The number of nitrogens with one attached hydrogen (secondary N) is 1. The third-order valence-corrected chi connectivity index (χ3v) is 8.06. The number of amides is 1. The molecule has 2 atom stereocenters. The summed E-state index contributed by atoms with van der Waals surface area (Å²) >= 11 is 6.35. The molecule has 7 nitrogen and oxygen atoms in total. The van der Waals surface area contributed by atoms with E-state index in [4.69, 9.17) is 16.3 Å². The summed E-state index contributed by atoms with van der Waals surface area (Å²) in [6.07, 6.45) is -0.404. The Kier molecular flexibility index (Phi) is 7.43. The van der Waals surface area contributed by atoms with E-state index in [1.54, 1.807) is 36.6 Å². The Hall–Kier alpha value is -2.84. The van der Waals surface area contributed by atoms with Gasteiger partial charge in [0.2, 0.25) is 0 Å². The number of rotatable bonds is 7. The summed E-state index contributed by atoms with van der Waals surface area (Å²) in [5, 5.41) is 3.01. The van der Waals surface area contributed by atoms with Crippen LogP contribution in [0.4, 0.5) is 0 Å². The zero-order valence-electron chi connectivity index (χ0n) is 20.0. The Balaban J connectivity index is 1.78. The SMILES string of the molecule is Cc1cc(Cl)c2cc(C(=O)NC(C)c3ccc(S(=O)(=O)C(C)C(=O)OC(C)C)cc3)n(C)c2c1. The number of carbonyl (C=O) groups is 2. The fourth-order valence-electron chi connectivity index (χ4n) is 3.70. The Morgan fingerprint density at radius 2 is 1.65 bits per heavy atom. The molecule has 0 fully saturated rings. The van der Waals surface area contributed by atoms with Crippen LogP contribution in [0.15, 0.2) is 47.4 Å². The van der Waals surface area contributed by atoms with Gasteiger partial charge in [0.05, 0.1) is 27.6 Å². The maximum Gasteiger partial charge on any atom is 0.324 e. The second-order valence-electron chi connectivity index (χ2n) is 8.71. The van der Waals surface area contributed by atoms with Crippen LogP contribution in [0, 0.1) is 6.92 Å². The van der Waals surface area contributed by atoms with Gasteiger partial charge in [-0.1, -0.05) is 23.7 Å². The molecule has 9 heteroatoms. The van der Waals surface area contributed by atoms with Crippen LogP contribution in [0.2, 0.25) is 5.02 Å². The molecule has 0 saturated carbocycles. The smallest absolute Gasteiger partial charge is 0.324 e. The van der Waals surface area contributed by atoms with Crippen molar-refractivity contribution in [2.24, 2.45) is 7.05 Å². The highest BCUT2D eigenvalue weighted by Gasteiger charge is 2.31. The van der Waals surface area contributed by atoms with Crippen LogP contribution in [-0.4, -0.2) is 36.2 Å². The van der Waals surface area contributed by atoms with Gasteiger partial charge in [-0.3, -0.25) is 9.59 Å². The minimum absolute atomic E-state index is 0.0154. The van der Waals surface area contributed by atoms with Gasteiger partial charge >= 0.3 is 5.97 Å². The Morgan fingerprint density at radius 3 is 2.24 bits per heavy atom. The lowest BCUT2D eigenvalue weighted by atomic mass is 10.1. The molecule has 0 spiro atoms. The molecule has 1 heterocycles. The summed E-state index contributed by atoms with van der Waals surface area (Å²) in [6, 6.07) is 11.3. The second kappa shape index (κ2) is 9.80. The van der Waals surface area contributed by atoms with Crippen LogP contribution in [0.1, 0.15) is 55.4 Å². The van der Waals surface area contributed by atoms with E-state index in [2.05, 4.69) is 5.32 Å². The first-order valence-corrected chi connectivity index (χ1v) is 12.9. The topological polar surface area (TPSA) is 94.5 Å². The number of benzene rings is 2. The summed E-state index contributed by atoms with van der Waals surface area (Å²) in [7, 11) is -2.09. The number of aryl methyl sites for hydroxylation is 2. The van der Waals surface area contributed by atoms with E-state index in [9.17, 15) is 18.0 Å². The van der Waals surface area contributed by atoms with E-state index in [1.807, 2.05) is 33.0 Å². The number of sulfone groups is 1. The molecule has 2 aromatic carbocycles. The Morgan fingerprint density at radius 1 is 1.03 bits per heavy atom. The number of esters is 1. The van der Waals surface area contributed by atoms with E-state index in [0.29, 0.717) is 10.7 Å². The number of carbonyl (C=O) groups excluding carboxylic acids is 2. The maximum atomic E-state index is 13.0. The van der Waals surface area contributed by atoms with E-state index in [0.717, 1.165) is 22.0 Å². The number of halogens is 1. The van der Waals surface area contributed by atoms with E-state index in [1.165, 1.54) is 19.1 Å².